The molecule has 7 nitrogen and oxygen atoms in total. The first-order chi connectivity index (χ1) is 9.89. The Kier molecular flexibility index (Phi) is 4.32. The second-order valence-corrected chi connectivity index (χ2v) is 5.63. The molecule has 0 saturated carbocycles. The fourth-order valence-corrected chi connectivity index (χ4v) is 2.96. The monoisotopic (exact) mass is 313 g/mol. The summed E-state index contributed by atoms with van der Waals surface area (Å²) in [5.41, 5.74) is -0.994. The molecule has 0 aromatic carbocycles. The molecule has 0 amide bonds. The molecule has 1 atom stereocenters. The number of pyridine rings is 1. The van der Waals surface area contributed by atoms with Crippen LogP contribution in [0.5, 0.6) is 0 Å². The number of aliphatic carboxylic acids is 1. The van der Waals surface area contributed by atoms with Gasteiger partial charge in [0.15, 0.2) is 0 Å². The van der Waals surface area contributed by atoms with E-state index in [-0.39, 0.29) is 10.7 Å². The molecule has 8 heteroatoms. The second kappa shape index (κ2) is 5.85. The number of hydrogen-bond donors (Lipinski definition) is 1. The van der Waals surface area contributed by atoms with Gasteiger partial charge in [0.25, 0.3) is 5.69 Å². The van der Waals surface area contributed by atoms with Crippen molar-refractivity contribution >= 4 is 29.1 Å². The van der Waals surface area contributed by atoms with Gasteiger partial charge in [0.1, 0.15) is 12.0 Å². The van der Waals surface area contributed by atoms with Crippen LogP contribution in [0.4, 0.5) is 11.5 Å². The number of halogens is 1. The van der Waals surface area contributed by atoms with Crippen LogP contribution in [0.1, 0.15) is 26.2 Å². The van der Waals surface area contributed by atoms with Crippen molar-refractivity contribution in [3.05, 3.63) is 27.4 Å². The lowest BCUT2D eigenvalue weighted by molar-refractivity contribution is -0.385. The molecule has 1 saturated heterocycles. The lowest BCUT2D eigenvalue weighted by Gasteiger charge is -2.40. The highest BCUT2D eigenvalue weighted by Gasteiger charge is 2.41. The zero-order valence-corrected chi connectivity index (χ0v) is 12.3. The molecule has 1 aromatic rings. The number of anilines is 1. The number of hydrogen-bond acceptors (Lipinski definition) is 5. The van der Waals surface area contributed by atoms with Crippen molar-refractivity contribution in [2.24, 2.45) is 5.41 Å². The Morgan fingerprint density at radius 1 is 1.67 bits per heavy atom. The van der Waals surface area contributed by atoms with Crippen LogP contribution in [0.25, 0.3) is 0 Å². The van der Waals surface area contributed by atoms with E-state index in [9.17, 15) is 20.0 Å². The largest absolute Gasteiger partial charge is 0.481 e. The first kappa shape index (κ1) is 15.5. The second-order valence-electron chi connectivity index (χ2n) is 5.22. The van der Waals surface area contributed by atoms with Crippen molar-refractivity contribution in [3.8, 4) is 0 Å². The third kappa shape index (κ3) is 2.92. The number of nitrogens with zero attached hydrogens (tertiary/aromatic N) is 3. The number of aromatic nitrogens is 1. The molecule has 2 rings (SSSR count). The van der Waals surface area contributed by atoms with Gasteiger partial charge in [0.05, 0.1) is 15.4 Å². The molecule has 0 spiro atoms. The van der Waals surface area contributed by atoms with E-state index in [1.54, 1.807) is 4.90 Å². The van der Waals surface area contributed by atoms with Gasteiger partial charge in [-0.05, 0) is 19.3 Å². The molecular weight excluding hydrogens is 298 g/mol. The topological polar surface area (TPSA) is 96.6 Å². The quantitative estimate of drug-likeness (QED) is 0.678. The summed E-state index contributed by atoms with van der Waals surface area (Å²) in [5.74, 6) is -0.422. The van der Waals surface area contributed by atoms with Crippen molar-refractivity contribution in [2.75, 3.05) is 18.0 Å². The van der Waals surface area contributed by atoms with E-state index in [0.717, 1.165) is 12.6 Å². The van der Waals surface area contributed by atoms with Crippen LogP contribution in [0, 0.1) is 15.5 Å². The zero-order valence-electron chi connectivity index (χ0n) is 11.6. The molecule has 1 unspecified atom stereocenters. The van der Waals surface area contributed by atoms with E-state index >= 15 is 0 Å². The summed E-state index contributed by atoms with van der Waals surface area (Å²) in [6.07, 6.45) is 2.99. The number of carboxylic acid groups (broad SMARTS) is 1. The number of nitro groups is 1. The number of piperidine rings is 1. The van der Waals surface area contributed by atoms with E-state index in [1.165, 1.54) is 6.07 Å². The average molecular weight is 314 g/mol. The predicted molar refractivity (Wildman–Crippen MR) is 77.7 cm³/mol. The summed E-state index contributed by atoms with van der Waals surface area (Å²) >= 11 is 6.07. The van der Waals surface area contributed by atoms with Crippen LogP contribution in [-0.2, 0) is 4.79 Å². The minimum absolute atomic E-state index is 0.168. The number of carboxylic acids is 1. The van der Waals surface area contributed by atoms with Gasteiger partial charge in [-0.25, -0.2) is 4.98 Å². The van der Waals surface area contributed by atoms with E-state index < -0.39 is 16.3 Å². The Morgan fingerprint density at radius 3 is 2.90 bits per heavy atom. The Hall–Kier alpha value is -1.89. The van der Waals surface area contributed by atoms with Crippen molar-refractivity contribution in [2.45, 2.75) is 26.2 Å². The van der Waals surface area contributed by atoms with Gasteiger partial charge >= 0.3 is 5.97 Å². The van der Waals surface area contributed by atoms with E-state index in [4.69, 9.17) is 11.6 Å². The van der Waals surface area contributed by atoms with E-state index in [0.29, 0.717) is 31.7 Å². The molecule has 1 aliphatic rings. The Morgan fingerprint density at radius 2 is 2.38 bits per heavy atom. The summed E-state index contributed by atoms with van der Waals surface area (Å²) in [6.45, 7) is 2.80. The van der Waals surface area contributed by atoms with Crippen LogP contribution in [-0.4, -0.2) is 34.1 Å². The first-order valence-corrected chi connectivity index (χ1v) is 7.06. The van der Waals surface area contributed by atoms with Gasteiger partial charge in [0.2, 0.25) is 0 Å². The Bertz CT molecular complexity index is 581. The van der Waals surface area contributed by atoms with E-state index in [2.05, 4.69) is 4.98 Å². The van der Waals surface area contributed by atoms with Crippen molar-refractivity contribution in [1.82, 2.24) is 4.98 Å². The summed E-state index contributed by atoms with van der Waals surface area (Å²) < 4.78 is 0. The summed E-state index contributed by atoms with van der Waals surface area (Å²) in [6, 6.07) is 1.24. The highest BCUT2D eigenvalue weighted by Crippen LogP contribution is 2.37. The Balaban J connectivity index is 2.30. The average Bonchev–Trinajstić information content (AvgIpc) is 2.46. The van der Waals surface area contributed by atoms with Gasteiger partial charge in [-0.2, -0.15) is 0 Å². The highest BCUT2D eigenvalue weighted by atomic mass is 35.5. The number of rotatable bonds is 4. The molecule has 0 radical (unpaired) electrons. The van der Waals surface area contributed by atoms with Gasteiger partial charge in [0, 0.05) is 19.2 Å². The van der Waals surface area contributed by atoms with Crippen LogP contribution in [0.3, 0.4) is 0 Å². The van der Waals surface area contributed by atoms with Gasteiger partial charge in [-0.15, -0.1) is 0 Å². The molecule has 114 valence electrons. The lowest BCUT2D eigenvalue weighted by Crippen LogP contribution is -2.48. The van der Waals surface area contributed by atoms with Crippen molar-refractivity contribution in [1.29, 1.82) is 0 Å². The van der Waals surface area contributed by atoms with E-state index in [1.807, 2.05) is 6.92 Å². The lowest BCUT2D eigenvalue weighted by atomic mass is 9.77. The predicted octanol–water partition coefficient (Wildman–Crippen LogP) is 2.72. The minimum Gasteiger partial charge on any atom is -0.481 e. The Labute approximate surface area is 126 Å². The normalized spacial score (nSPS) is 22.1. The summed E-state index contributed by atoms with van der Waals surface area (Å²) in [4.78, 5) is 27.5. The molecule has 2 heterocycles. The molecule has 0 bridgehead atoms. The summed E-state index contributed by atoms with van der Waals surface area (Å²) in [5, 5.41) is 20.3. The van der Waals surface area contributed by atoms with Gasteiger partial charge < -0.3 is 10.0 Å². The molecule has 0 aliphatic carbocycles. The van der Waals surface area contributed by atoms with Crippen LogP contribution in [0.15, 0.2) is 12.3 Å². The van der Waals surface area contributed by atoms with Crippen LogP contribution >= 0.6 is 11.6 Å². The fourth-order valence-electron chi connectivity index (χ4n) is 2.68. The molecule has 21 heavy (non-hydrogen) atoms. The molecule has 1 aliphatic heterocycles. The maximum absolute atomic E-state index is 11.5. The van der Waals surface area contributed by atoms with Gasteiger partial charge in [-0.1, -0.05) is 18.5 Å². The summed E-state index contributed by atoms with van der Waals surface area (Å²) in [7, 11) is 0. The smallest absolute Gasteiger partial charge is 0.311 e. The SMILES string of the molecule is CCC1(C(=O)O)CCCN(c2ncc([N+](=O)[O-])cc2Cl)C1. The zero-order chi connectivity index (χ0) is 15.6. The minimum atomic E-state index is -0.826. The standard InChI is InChI=1S/C13H16ClN3O4/c1-2-13(12(18)19)4-3-5-16(8-13)11-10(14)6-9(7-15-11)17(20)21/h6-7H,2-5,8H2,1H3,(H,18,19). The van der Waals surface area contributed by atoms with Crippen LogP contribution < -0.4 is 4.90 Å². The van der Waals surface area contributed by atoms with Crippen molar-refractivity contribution < 1.29 is 14.8 Å². The van der Waals surface area contributed by atoms with Crippen molar-refractivity contribution in [3.63, 3.8) is 0 Å². The fraction of sp³-hybridized carbons (Fsp3) is 0.538. The number of carbonyl (C=O) groups is 1. The third-order valence-electron chi connectivity index (χ3n) is 4.03. The molecule has 1 N–H and O–H groups in total. The maximum Gasteiger partial charge on any atom is 0.311 e. The first-order valence-electron chi connectivity index (χ1n) is 6.68. The molecule has 1 fully saturated rings. The molecular formula is C13H16ClN3O4. The molecule has 1 aromatic heterocycles. The third-order valence-corrected chi connectivity index (χ3v) is 4.30. The highest BCUT2D eigenvalue weighted by molar-refractivity contribution is 6.33. The maximum atomic E-state index is 11.5. The van der Waals surface area contributed by atoms with Crippen LogP contribution in [0.2, 0.25) is 5.02 Å². The van der Waals surface area contributed by atoms with Gasteiger partial charge in [-0.3, -0.25) is 14.9 Å².